The van der Waals surface area contributed by atoms with Crippen LogP contribution in [-0.2, 0) is 17.7 Å². The molecule has 3 atom stereocenters. The molecule has 138 valence electrons. The first-order chi connectivity index (χ1) is 13.3. The van der Waals surface area contributed by atoms with Crippen molar-refractivity contribution in [3.8, 4) is 0 Å². The Balaban J connectivity index is 1.60. The summed E-state index contributed by atoms with van der Waals surface area (Å²) >= 11 is 1.67. The van der Waals surface area contributed by atoms with Crippen LogP contribution in [0.15, 0.2) is 60.2 Å². The lowest BCUT2D eigenvalue weighted by Crippen LogP contribution is -2.53. The normalized spacial score (nSPS) is 23.9. The van der Waals surface area contributed by atoms with Crippen LogP contribution in [0, 0.1) is 0 Å². The van der Waals surface area contributed by atoms with Gasteiger partial charge in [0.2, 0.25) is 0 Å². The number of aliphatic hydroxyl groups is 1. The van der Waals surface area contributed by atoms with E-state index in [1.165, 1.54) is 27.3 Å². The number of hydrogen-bond donors (Lipinski definition) is 1. The molecule has 0 amide bonds. The SMILES string of the molecule is O[C@@H]1CO[C@@H]2C[C@H]1N(Cc1cncs1)c1c(Cc3ccccc3)cccc12. The minimum atomic E-state index is -0.466. The molecule has 5 rings (SSSR count). The molecular weight excluding hydrogens is 356 g/mol. The van der Waals surface area contributed by atoms with Gasteiger partial charge in [-0.2, -0.15) is 0 Å². The number of nitrogens with zero attached hydrogens (tertiary/aromatic N) is 2. The summed E-state index contributed by atoms with van der Waals surface area (Å²) in [6.07, 6.45) is 3.25. The molecule has 0 spiro atoms. The highest BCUT2D eigenvalue weighted by Crippen LogP contribution is 2.45. The van der Waals surface area contributed by atoms with E-state index in [1.807, 2.05) is 11.7 Å². The zero-order chi connectivity index (χ0) is 18.2. The molecule has 1 fully saturated rings. The lowest BCUT2D eigenvalue weighted by atomic mass is 9.85. The number of benzene rings is 2. The van der Waals surface area contributed by atoms with Crippen LogP contribution in [0.1, 0.15) is 34.1 Å². The number of hydrogen-bond acceptors (Lipinski definition) is 5. The van der Waals surface area contributed by atoms with Gasteiger partial charge >= 0.3 is 0 Å². The fraction of sp³-hybridized carbons (Fsp3) is 0.318. The third-order valence-electron chi connectivity index (χ3n) is 5.60. The molecule has 1 saturated heterocycles. The summed E-state index contributed by atoms with van der Waals surface area (Å²) in [6.45, 7) is 1.18. The van der Waals surface area contributed by atoms with Crippen LogP contribution in [0.4, 0.5) is 5.69 Å². The molecule has 1 aromatic heterocycles. The van der Waals surface area contributed by atoms with Crippen LogP contribution in [0.25, 0.3) is 0 Å². The van der Waals surface area contributed by atoms with Crippen molar-refractivity contribution in [2.24, 2.45) is 0 Å². The van der Waals surface area contributed by atoms with Crippen molar-refractivity contribution in [2.75, 3.05) is 11.5 Å². The van der Waals surface area contributed by atoms with Crippen LogP contribution < -0.4 is 4.90 Å². The van der Waals surface area contributed by atoms with Gasteiger partial charge in [-0.05, 0) is 17.5 Å². The molecule has 1 N–H and O–H groups in total. The molecule has 3 aromatic rings. The van der Waals surface area contributed by atoms with Gasteiger partial charge in [0.05, 0.1) is 36.9 Å². The molecule has 5 heteroatoms. The highest BCUT2D eigenvalue weighted by molar-refractivity contribution is 7.09. The summed E-state index contributed by atoms with van der Waals surface area (Å²) in [6, 6.07) is 17.2. The monoisotopic (exact) mass is 378 g/mol. The van der Waals surface area contributed by atoms with Gasteiger partial charge in [-0.25, -0.2) is 0 Å². The van der Waals surface area contributed by atoms with Gasteiger partial charge < -0.3 is 14.7 Å². The molecular formula is C22H22N2O2S. The summed E-state index contributed by atoms with van der Waals surface area (Å²) in [4.78, 5) is 7.85. The smallest absolute Gasteiger partial charge is 0.0977 e. The number of aliphatic hydroxyl groups excluding tert-OH is 1. The summed E-state index contributed by atoms with van der Waals surface area (Å²) < 4.78 is 5.99. The van der Waals surface area contributed by atoms with Crippen molar-refractivity contribution < 1.29 is 9.84 Å². The Bertz CT molecular complexity index is 913. The zero-order valence-electron chi connectivity index (χ0n) is 15.0. The molecule has 27 heavy (non-hydrogen) atoms. The molecule has 0 radical (unpaired) electrons. The van der Waals surface area contributed by atoms with Gasteiger partial charge in [-0.3, -0.25) is 4.98 Å². The average molecular weight is 378 g/mol. The second kappa shape index (κ2) is 7.08. The van der Waals surface area contributed by atoms with Crippen LogP contribution in [0.3, 0.4) is 0 Å². The second-order valence-electron chi connectivity index (χ2n) is 7.31. The van der Waals surface area contributed by atoms with E-state index in [0.717, 1.165) is 19.4 Å². The highest BCUT2D eigenvalue weighted by Gasteiger charge is 2.42. The zero-order valence-corrected chi connectivity index (χ0v) is 15.8. The number of thiazole rings is 1. The van der Waals surface area contributed by atoms with Crippen LogP contribution >= 0.6 is 11.3 Å². The lowest BCUT2D eigenvalue weighted by Gasteiger charge is -2.48. The minimum Gasteiger partial charge on any atom is -0.389 e. The van der Waals surface area contributed by atoms with Crippen LogP contribution in [0.2, 0.25) is 0 Å². The largest absolute Gasteiger partial charge is 0.389 e. The number of ether oxygens (including phenoxy) is 1. The van der Waals surface area contributed by atoms with E-state index in [-0.39, 0.29) is 12.1 Å². The molecule has 0 saturated carbocycles. The number of fused-ring (bicyclic) bond motifs is 4. The van der Waals surface area contributed by atoms with Crippen molar-refractivity contribution in [3.63, 3.8) is 0 Å². The van der Waals surface area contributed by atoms with E-state index in [0.29, 0.717) is 6.61 Å². The van der Waals surface area contributed by atoms with Crippen molar-refractivity contribution in [3.05, 3.63) is 81.8 Å². The standard InChI is InChI=1S/C22H22N2O2S/c25-20-13-26-21-10-19(20)24(12-17-11-23-14-27-17)22-16(7-4-8-18(21)22)9-15-5-2-1-3-6-15/h1-8,11,14,19-21,25H,9-10,12-13H2/t19-,20-,21-/m1/s1. The van der Waals surface area contributed by atoms with Gasteiger partial charge in [-0.15, -0.1) is 11.3 Å². The van der Waals surface area contributed by atoms with E-state index in [2.05, 4.69) is 58.4 Å². The Hall–Kier alpha value is -2.21. The predicted octanol–water partition coefficient (Wildman–Crippen LogP) is 3.95. The highest BCUT2D eigenvalue weighted by atomic mass is 32.1. The topological polar surface area (TPSA) is 45.6 Å². The summed E-state index contributed by atoms with van der Waals surface area (Å²) in [7, 11) is 0. The van der Waals surface area contributed by atoms with Crippen LogP contribution in [-0.4, -0.2) is 28.8 Å². The van der Waals surface area contributed by atoms with Gasteiger partial charge in [0.15, 0.2) is 0 Å². The van der Waals surface area contributed by atoms with Crippen molar-refractivity contribution in [1.82, 2.24) is 4.98 Å². The molecule has 2 aliphatic rings. The maximum atomic E-state index is 10.6. The number of anilines is 1. The predicted molar refractivity (Wildman–Crippen MR) is 107 cm³/mol. The first kappa shape index (κ1) is 16.9. The second-order valence-corrected chi connectivity index (χ2v) is 8.28. The summed E-state index contributed by atoms with van der Waals surface area (Å²) in [5.41, 5.74) is 6.93. The Morgan fingerprint density at radius 1 is 1.15 bits per heavy atom. The number of rotatable bonds is 4. The Labute approximate surface area is 163 Å². The molecule has 0 unspecified atom stereocenters. The number of para-hydroxylation sites is 1. The molecule has 4 nitrogen and oxygen atoms in total. The summed E-state index contributed by atoms with van der Waals surface area (Å²) in [5, 5.41) is 10.6. The minimum absolute atomic E-state index is 0.0711. The van der Waals surface area contributed by atoms with Crippen molar-refractivity contribution >= 4 is 17.0 Å². The Morgan fingerprint density at radius 3 is 2.85 bits per heavy atom. The maximum Gasteiger partial charge on any atom is 0.0977 e. The number of aromatic nitrogens is 1. The van der Waals surface area contributed by atoms with Gasteiger partial charge in [0.25, 0.3) is 0 Å². The molecule has 2 aliphatic heterocycles. The molecule has 2 bridgehead atoms. The molecule has 2 aromatic carbocycles. The Morgan fingerprint density at radius 2 is 2.04 bits per heavy atom. The Kier molecular flexibility index (Phi) is 4.44. The fourth-order valence-electron chi connectivity index (χ4n) is 4.35. The van der Waals surface area contributed by atoms with E-state index < -0.39 is 6.10 Å². The van der Waals surface area contributed by atoms with E-state index in [4.69, 9.17) is 4.74 Å². The van der Waals surface area contributed by atoms with Gasteiger partial charge in [0.1, 0.15) is 0 Å². The fourth-order valence-corrected chi connectivity index (χ4v) is 4.94. The van der Waals surface area contributed by atoms with Gasteiger partial charge in [0, 0.05) is 28.7 Å². The third-order valence-corrected chi connectivity index (χ3v) is 6.36. The first-order valence-electron chi connectivity index (χ1n) is 9.39. The third kappa shape index (κ3) is 3.16. The van der Waals surface area contributed by atoms with E-state index >= 15 is 0 Å². The summed E-state index contributed by atoms with van der Waals surface area (Å²) in [5.74, 6) is 0. The van der Waals surface area contributed by atoms with E-state index in [9.17, 15) is 5.11 Å². The lowest BCUT2D eigenvalue weighted by molar-refractivity contribution is -0.0745. The van der Waals surface area contributed by atoms with Gasteiger partial charge in [-0.1, -0.05) is 48.5 Å². The van der Waals surface area contributed by atoms with Crippen molar-refractivity contribution in [1.29, 1.82) is 0 Å². The maximum absolute atomic E-state index is 10.6. The van der Waals surface area contributed by atoms with Crippen LogP contribution in [0.5, 0.6) is 0 Å². The average Bonchev–Trinajstić information content (AvgIpc) is 3.21. The first-order valence-corrected chi connectivity index (χ1v) is 10.3. The molecule has 0 aliphatic carbocycles. The molecule has 3 heterocycles. The quantitative estimate of drug-likeness (QED) is 0.747. The van der Waals surface area contributed by atoms with Crippen molar-refractivity contribution in [2.45, 2.75) is 37.6 Å². The van der Waals surface area contributed by atoms with E-state index in [1.54, 1.807) is 11.3 Å².